The fraction of sp³-hybridized carbons (Fsp3) is 0.200. The number of hydrogen-bond donors (Lipinski definition) is 4. The summed E-state index contributed by atoms with van der Waals surface area (Å²) in [6.45, 7) is 0. The molecule has 0 radical (unpaired) electrons. The molecule has 0 amide bonds. The van der Waals surface area contributed by atoms with E-state index in [9.17, 15) is 5.21 Å². The summed E-state index contributed by atoms with van der Waals surface area (Å²) >= 11 is 0. The highest BCUT2D eigenvalue weighted by atomic mass is 16.5. The van der Waals surface area contributed by atoms with Crippen LogP contribution in [0, 0.1) is 0 Å². The van der Waals surface area contributed by atoms with Crippen molar-refractivity contribution in [3.05, 3.63) is 5.62 Å². The van der Waals surface area contributed by atoms with E-state index in [2.05, 4.69) is 9.98 Å². The van der Waals surface area contributed by atoms with Crippen molar-refractivity contribution >= 4 is 17.3 Å². The van der Waals surface area contributed by atoms with Gasteiger partial charge in [0.25, 0.3) is 5.62 Å². The van der Waals surface area contributed by atoms with Crippen LogP contribution in [0.25, 0.3) is 0 Å². The second kappa shape index (κ2) is 2.61. The van der Waals surface area contributed by atoms with Gasteiger partial charge in [-0.1, -0.05) is 0 Å². The summed E-state index contributed by atoms with van der Waals surface area (Å²) in [5.41, 5.74) is 16.2. The third-order valence-corrected chi connectivity index (χ3v) is 1.39. The van der Waals surface area contributed by atoms with Gasteiger partial charge in [-0.25, -0.2) is 0 Å². The molecule has 7 heteroatoms. The van der Waals surface area contributed by atoms with Gasteiger partial charge < -0.3 is 22.4 Å². The van der Waals surface area contributed by atoms with E-state index in [1.165, 1.54) is 7.05 Å². The molecule has 0 saturated carbocycles. The number of aromatic nitrogens is 2. The lowest BCUT2D eigenvalue weighted by Gasteiger charge is -2.06. The van der Waals surface area contributed by atoms with Gasteiger partial charge in [0.05, 0.1) is 0 Å². The second-order valence-electron chi connectivity index (χ2n) is 2.13. The van der Waals surface area contributed by atoms with Crippen molar-refractivity contribution in [2.45, 2.75) is 0 Å². The Balaban J connectivity index is 3.62. The molecule has 0 bridgehead atoms. The molecule has 7 N–H and O–H groups in total. The van der Waals surface area contributed by atoms with E-state index < -0.39 is 0 Å². The first-order valence-electron chi connectivity index (χ1n) is 3.13. The lowest BCUT2D eigenvalue weighted by atomic mass is 10.4. The fourth-order valence-corrected chi connectivity index (χ4v) is 0.713. The van der Waals surface area contributed by atoms with E-state index in [1.54, 1.807) is 0 Å². The summed E-state index contributed by atoms with van der Waals surface area (Å²) in [5.74, 6) is -0.0125. The molecule has 0 saturated heterocycles. The molecule has 66 valence electrons. The molecule has 0 spiro atoms. The molecule has 0 aromatic carbocycles. The van der Waals surface area contributed by atoms with Crippen LogP contribution in [-0.2, 0) is 0 Å². The molecule has 0 aliphatic rings. The monoisotopic (exact) mass is 170 g/mol. The normalized spacial score (nSPS) is 11.9. The zero-order chi connectivity index (χ0) is 9.30. The zero-order valence-corrected chi connectivity index (χ0v) is 6.52. The number of nitrogens with two attached hydrogens (primary N) is 3. The van der Waals surface area contributed by atoms with E-state index in [4.69, 9.17) is 17.2 Å². The summed E-state index contributed by atoms with van der Waals surface area (Å²) in [4.78, 5) is 7.29. The van der Waals surface area contributed by atoms with Crippen LogP contribution in [0.4, 0.5) is 17.3 Å². The molecule has 1 heterocycles. The standard InChI is InChI=1S/C5H10N6O/c1-9-5-10-3(7)2(6)4(8)11(5)12/h12H,6,8H2,1H3,(H2,7,9,10). The highest BCUT2D eigenvalue weighted by Crippen LogP contribution is 2.15. The Morgan fingerprint density at radius 1 is 1.42 bits per heavy atom. The molecule has 1 aromatic heterocycles. The lowest BCUT2D eigenvalue weighted by molar-refractivity contribution is 0.174. The summed E-state index contributed by atoms with van der Waals surface area (Å²) in [6.07, 6.45) is 0. The summed E-state index contributed by atoms with van der Waals surface area (Å²) in [5, 5.41) is 9.20. The molecule has 1 aromatic rings. The molecule has 0 fully saturated rings. The Morgan fingerprint density at radius 3 is 2.50 bits per heavy atom. The SMILES string of the molecule is CN=c1nc(N)c(N)c(N)n1O. The number of nitrogens with zero attached hydrogens (tertiary/aromatic N) is 3. The molecule has 7 nitrogen and oxygen atoms in total. The molecule has 0 atom stereocenters. The topological polar surface area (TPSA) is 128 Å². The van der Waals surface area contributed by atoms with Crippen molar-refractivity contribution in [1.82, 2.24) is 9.71 Å². The number of hydrogen-bond acceptors (Lipinski definition) is 6. The highest BCUT2D eigenvalue weighted by Gasteiger charge is 2.06. The van der Waals surface area contributed by atoms with Crippen LogP contribution in [0.3, 0.4) is 0 Å². The predicted octanol–water partition coefficient (Wildman–Crippen LogP) is -1.60. The van der Waals surface area contributed by atoms with Crippen LogP contribution in [-0.4, -0.2) is 22.0 Å². The molecule has 0 unspecified atom stereocenters. The Bertz CT molecular complexity index is 367. The molecular formula is C5H10N6O. The van der Waals surface area contributed by atoms with Crippen LogP contribution >= 0.6 is 0 Å². The Hall–Kier alpha value is -1.92. The maximum absolute atomic E-state index is 9.20. The molecule has 1 rings (SSSR count). The largest absolute Gasteiger partial charge is 0.423 e. The smallest absolute Gasteiger partial charge is 0.262 e. The summed E-state index contributed by atoms with van der Waals surface area (Å²) in [6, 6.07) is 0. The second-order valence-corrected chi connectivity index (χ2v) is 2.13. The van der Waals surface area contributed by atoms with Gasteiger partial charge in [0.1, 0.15) is 5.69 Å². The minimum absolute atomic E-state index is 0.0131. The van der Waals surface area contributed by atoms with Crippen molar-refractivity contribution in [3.8, 4) is 0 Å². The Labute approximate surface area is 68.1 Å². The lowest BCUT2D eigenvalue weighted by Crippen LogP contribution is -2.27. The summed E-state index contributed by atoms with van der Waals surface area (Å²) in [7, 11) is 1.45. The minimum Gasteiger partial charge on any atom is -0.423 e. The van der Waals surface area contributed by atoms with Gasteiger partial charge in [0, 0.05) is 7.05 Å². The van der Waals surface area contributed by atoms with Crippen LogP contribution in [0.5, 0.6) is 0 Å². The quantitative estimate of drug-likeness (QED) is 0.348. The Kier molecular flexibility index (Phi) is 1.78. The van der Waals surface area contributed by atoms with E-state index in [0.717, 1.165) is 0 Å². The van der Waals surface area contributed by atoms with Gasteiger partial charge in [-0.05, 0) is 0 Å². The van der Waals surface area contributed by atoms with Crippen molar-refractivity contribution < 1.29 is 5.21 Å². The van der Waals surface area contributed by atoms with E-state index >= 15 is 0 Å². The summed E-state index contributed by atoms with van der Waals surface area (Å²) < 4.78 is 0.575. The van der Waals surface area contributed by atoms with Crippen molar-refractivity contribution in [3.63, 3.8) is 0 Å². The van der Waals surface area contributed by atoms with Gasteiger partial charge >= 0.3 is 0 Å². The third kappa shape index (κ3) is 1.00. The van der Waals surface area contributed by atoms with Crippen molar-refractivity contribution in [1.29, 1.82) is 0 Å². The predicted molar refractivity (Wildman–Crippen MR) is 44.1 cm³/mol. The molecule has 0 aliphatic carbocycles. The van der Waals surface area contributed by atoms with E-state index in [0.29, 0.717) is 4.73 Å². The molecule has 0 aliphatic heterocycles. The van der Waals surface area contributed by atoms with E-state index in [-0.39, 0.29) is 22.9 Å². The molecule has 12 heavy (non-hydrogen) atoms. The fourth-order valence-electron chi connectivity index (χ4n) is 0.713. The van der Waals surface area contributed by atoms with Gasteiger partial charge in [-0.3, -0.25) is 4.99 Å². The first-order chi connectivity index (χ1) is 5.57. The van der Waals surface area contributed by atoms with Gasteiger partial charge in [0.15, 0.2) is 11.6 Å². The molecular weight excluding hydrogens is 160 g/mol. The number of rotatable bonds is 0. The average molecular weight is 170 g/mol. The van der Waals surface area contributed by atoms with Crippen LogP contribution < -0.4 is 22.8 Å². The third-order valence-electron chi connectivity index (χ3n) is 1.39. The van der Waals surface area contributed by atoms with Crippen LogP contribution in [0.1, 0.15) is 0 Å². The van der Waals surface area contributed by atoms with E-state index in [1.807, 2.05) is 0 Å². The first-order valence-corrected chi connectivity index (χ1v) is 3.13. The number of anilines is 3. The van der Waals surface area contributed by atoms with Crippen LogP contribution in [0.15, 0.2) is 4.99 Å². The first kappa shape index (κ1) is 8.18. The highest BCUT2D eigenvalue weighted by molar-refractivity contribution is 5.70. The van der Waals surface area contributed by atoms with Gasteiger partial charge in [-0.15, -0.1) is 4.73 Å². The maximum Gasteiger partial charge on any atom is 0.262 e. The van der Waals surface area contributed by atoms with Crippen LogP contribution in [0.2, 0.25) is 0 Å². The van der Waals surface area contributed by atoms with Gasteiger partial charge in [-0.2, -0.15) is 4.98 Å². The van der Waals surface area contributed by atoms with Gasteiger partial charge in [0.2, 0.25) is 0 Å². The van der Waals surface area contributed by atoms with Crippen molar-refractivity contribution in [2.75, 3.05) is 24.2 Å². The number of nitrogen functional groups attached to an aromatic ring is 3. The maximum atomic E-state index is 9.20. The Morgan fingerprint density at radius 2 is 2.00 bits per heavy atom. The average Bonchev–Trinajstić information content (AvgIpc) is 2.08. The zero-order valence-electron chi connectivity index (χ0n) is 6.52. The van der Waals surface area contributed by atoms with Crippen molar-refractivity contribution in [2.24, 2.45) is 4.99 Å². The minimum atomic E-state index is -0.0666.